The highest BCUT2D eigenvalue weighted by molar-refractivity contribution is 5.45. The van der Waals surface area contributed by atoms with Crippen LogP contribution in [0, 0.1) is 16.0 Å². The molecule has 0 spiro atoms. The molecule has 7 heteroatoms. The van der Waals surface area contributed by atoms with Gasteiger partial charge in [0.2, 0.25) is 6.41 Å². The molecule has 0 unspecified atom stereocenters. The van der Waals surface area contributed by atoms with E-state index in [0.29, 0.717) is 19.6 Å². The lowest BCUT2D eigenvalue weighted by Crippen LogP contribution is -2.19. The quantitative estimate of drug-likeness (QED) is 0.0743. The van der Waals surface area contributed by atoms with E-state index in [4.69, 9.17) is 4.74 Å². The van der Waals surface area contributed by atoms with Gasteiger partial charge in [0.1, 0.15) is 6.61 Å². The zero-order valence-electron chi connectivity index (χ0n) is 24.0. The first-order valence-electron chi connectivity index (χ1n) is 14.3. The van der Waals surface area contributed by atoms with Crippen molar-refractivity contribution < 1.29 is 19.5 Å². The highest BCUT2D eigenvalue weighted by Gasteiger charge is 2.13. The summed E-state index contributed by atoms with van der Waals surface area (Å²) < 4.78 is 4.84. The third kappa shape index (κ3) is 29.7. The van der Waals surface area contributed by atoms with Gasteiger partial charge in [-0.15, -0.1) is 10.1 Å². The van der Waals surface area contributed by atoms with Crippen molar-refractivity contribution in [2.75, 3.05) is 26.4 Å². The first-order valence-corrected chi connectivity index (χ1v) is 14.3. The number of unbranched alkanes of at least 4 members (excludes halogenated alkanes) is 4. The van der Waals surface area contributed by atoms with Crippen LogP contribution >= 0.6 is 0 Å². The molecule has 0 aromatic heterocycles. The fourth-order valence-electron chi connectivity index (χ4n) is 3.83. The van der Waals surface area contributed by atoms with Crippen LogP contribution in [0.3, 0.4) is 0 Å². The molecular weight excluding hydrogens is 468 g/mol. The van der Waals surface area contributed by atoms with Crippen molar-refractivity contribution in [3.8, 4) is 0 Å². The van der Waals surface area contributed by atoms with Crippen LogP contribution in [0.5, 0.6) is 0 Å². The van der Waals surface area contributed by atoms with Gasteiger partial charge in [-0.05, 0) is 37.7 Å². The molecule has 0 heterocycles. The van der Waals surface area contributed by atoms with Gasteiger partial charge in [-0.1, -0.05) is 121 Å². The van der Waals surface area contributed by atoms with Gasteiger partial charge in [0.15, 0.2) is 0 Å². The second-order valence-electron chi connectivity index (χ2n) is 8.69. The molecule has 0 saturated heterocycles. The van der Waals surface area contributed by atoms with Gasteiger partial charge in [-0.2, -0.15) is 0 Å². The molecule has 1 amide bonds. The van der Waals surface area contributed by atoms with E-state index in [2.05, 4.69) is 66.5 Å². The summed E-state index contributed by atoms with van der Waals surface area (Å²) in [7, 11) is 0. The molecule has 1 aliphatic rings. The molecule has 1 aromatic rings. The van der Waals surface area contributed by atoms with Gasteiger partial charge in [0.25, 0.3) is 5.09 Å². The summed E-state index contributed by atoms with van der Waals surface area (Å²) >= 11 is 0. The minimum absolute atomic E-state index is 0.0892. The lowest BCUT2D eigenvalue weighted by Gasteiger charge is -2.07. The molecule has 1 N–H and O–H groups in total. The predicted octanol–water partition coefficient (Wildman–Crippen LogP) is 7.72. The van der Waals surface area contributed by atoms with Crippen molar-refractivity contribution in [2.45, 2.75) is 105 Å². The number of hydrogen-bond donors (Lipinski definition) is 1. The predicted molar refractivity (Wildman–Crippen MR) is 154 cm³/mol. The van der Waals surface area contributed by atoms with Crippen LogP contribution in [0.2, 0.25) is 0 Å². The zero-order valence-corrected chi connectivity index (χ0v) is 24.0. The number of carbonyl (C=O) groups is 1. The maximum atomic E-state index is 9.70. The molecule has 0 radical (unpaired) electrons. The van der Waals surface area contributed by atoms with Crippen LogP contribution in [-0.2, 0) is 20.8 Å². The Morgan fingerprint density at radius 2 is 1.73 bits per heavy atom. The summed E-state index contributed by atoms with van der Waals surface area (Å²) in [5.74, 6) is 1.08. The highest BCUT2D eigenvalue weighted by Crippen LogP contribution is 2.29. The van der Waals surface area contributed by atoms with Gasteiger partial charge in [-0.25, -0.2) is 0 Å². The number of nitrogens with one attached hydrogen (secondary N) is 1. The summed E-state index contributed by atoms with van der Waals surface area (Å²) in [5, 5.41) is 11.1. The molecule has 1 aliphatic carbocycles. The average molecular weight is 523 g/mol. The Morgan fingerprint density at radius 3 is 2.32 bits per heavy atom. The SMILES string of the molecule is C/C=C\CCCC.CC.O=CNCCOCCO[N+](=O)[O-].c1ccc(CCCCCC2CCCC2)cc1. The lowest BCUT2D eigenvalue weighted by atomic mass is 9.98. The Kier molecular flexibility index (Phi) is 31.4. The van der Waals surface area contributed by atoms with Crippen LogP contribution in [-0.4, -0.2) is 37.9 Å². The number of nitrogens with zero attached hydrogens (tertiary/aromatic N) is 1. The molecule has 1 aromatic carbocycles. The number of allylic oxidation sites excluding steroid dienone is 2. The maximum Gasteiger partial charge on any atom is 0.294 e. The first kappa shape index (κ1) is 36.7. The van der Waals surface area contributed by atoms with E-state index in [1.165, 1.54) is 82.6 Å². The molecule has 7 nitrogen and oxygen atoms in total. The summed E-state index contributed by atoms with van der Waals surface area (Å²) in [6, 6.07) is 10.9. The molecule has 214 valence electrons. The molecular formula is C30H54N2O5. The van der Waals surface area contributed by atoms with E-state index in [-0.39, 0.29) is 13.2 Å². The number of rotatable bonds is 17. The second kappa shape index (κ2) is 31.6. The molecule has 0 bridgehead atoms. The third-order valence-electron chi connectivity index (χ3n) is 5.75. The van der Waals surface area contributed by atoms with Crippen LogP contribution in [0.15, 0.2) is 42.5 Å². The van der Waals surface area contributed by atoms with E-state index in [9.17, 15) is 14.9 Å². The number of benzene rings is 1. The summed E-state index contributed by atoms with van der Waals surface area (Å²) in [4.78, 5) is 23.3. The van der Waals surface area contributed by atoms with E-state index >= 15 is 0 Å². The molecule has 1 saturated carbocycles. The third-order valence-corrected chi connectivity index (χ3v) is 5.75. The molecule has 37 heavy (non-hydrogen) atoms. The highest BCUT2D eigenvalue weighted by atomic mass is 17.0. The smallest absolute Gasteiger partial charge is 0.294 e. The second-order valence-corrected chi connectivity index (χ2v) is 8.69. The Bertz CT molecular complexity index is 620. The van der Waals surface area contributed by atoms with Crippen molar-refractivity contribution in [1.82, 2.24) is 5.32 Å². The van der Waals surface area contributed by atoms with Gasteiger partial charge in [0, 0.05) is 6.54 Å². The zero-order chi connectivity index (χ0) is 27.8. The minimum atomic E-state index is -0.882. The fourth-order valence-corrected chi connectivity index (χ4v) is 3.83. The Labute approximate surface area is 226 Å². The normalized spacial score (nSPS) is 12.3. The molecule has 0 aliphatic heterocycles. The molecule has 2 rings (SSSR count). The average Bonchev–Trinajstić information content (AvgIpc) is 3.44. The van der Waals surface area contributed by atoms with Gasteiger partial charge in [-0.3, -0.25) is 4.79 Å². The summed E-state index contributed by atoms with van der Waals surface area (Å²) in [6.45, 7) is 9.04. The Balaban J connectivity index is 0. The van der Waals surface area contributed by atoms with Crippen molar-refractivity contribution in [1.29, 1.82) is 0 Å². The fraction of sp³-hybridized carbons (Fsp3) is 0.700. The van der Waals surface area contributed by atoms with Gasteiger partial charge < -0.3 is 14.9 Å². The van der Waals surface area contributed by atoms with E-state index in [1.54, 1.807) is 0 Å². The molecule has 0 atom stereocenters. The number of hydrogen-bond acceptors (Lipinski definition) is 5. The minimum Gasteiger partial charge on any atom is -0.378 e. The standard InChI is InChI=1S/C16H24.C7H14.C5H10N2O5.C2H6/c1-3-9-15(10-4-1)11-5-2-6-12-16-13-7-8-14-16;1-3-5-7-6-4-2;8-5-6-1-2-11-3-4-12-7(9)10;1-2/h1,3-4,9-10,16H,2,5-8,11-14H2;3,5H,4,6-7H2,1-2H3;5H,1-4H2,(H,6,8);1-2H3/b;5-3-;;. The maximum absolute atomic E-state index is 9.70. The van der Waals surface area contributed by atoms with Crippen LogP contribution in [0.1, 0.15) is 104 Å². The topological polar surface area (TPSA) is 90.7 Å². The summed E-state index contributed by atoms with van der Waals surface area (Å²) in [5.41, 5.74) is 1.50. The van der Waals surface area contributed by atoms with Crippen molar-refractivity contribution in [3.63, 3.8) is 0 Å². The number of amides is 1. The van der Waals surface area contributed by atoms with Crippen molar-refractivity contribution in [3.05, 3.63) is 58.2 Å². The van der Waals surface area contributed by atoms with Crippen LogP contribution < -0.4 is 5.32 Å². The van der Waals surface area contributed by atoms with Gasteiger partial charge >= 0.3 is 0 Å². The van der Waals surface area contributed by atoms with Crippen molar-refractivity contribution in [2.24, 2.45) is 5.92 Å². The van der Waals surface area contributed by atoms with Crippen LogP contribution in [0.4, 0.5) is 0 Å². The van der Waals surface area contributed by atoms with E-state index in [1.807, 2.05) is 13.8 Å². The Hall–Kier alpha value is -2.41. The lowest BCUT2D eigenvalue weighted by molar-refractivity contribution is -0.758. The summed E-state index contributed by atoms with van der Waals surface area (Å²) in [6.07, 6.45) is 21.8. The van der Waals surface area contributed by atoms with Crippen molar-refractivity contribution >= 4 is 6.41 Å². The van der Waals surface area contributed by atoms with E-state index < -0.39 is 5.09 Å². The number of aryl methyl sites for hydroxylation is 1. The largest absolute Gasteiger partial charge is 0.378 e. The van der Waals surface area contributed by atoms with Gasteiger partial charge in [0.05, 0.1) is 13.2 Å². The number of ether oxygens (including phenoxy) is 1. The molecule has 1 fully saturated rings. The number of carbonyl (C=O) groups excluding carboxylic acids is 1. The van der Waals surface area contributed by atoms with Crippen LogP contribution in [0.25, 0.3) is 0 Å². The Morgan fingerprint density at radius 1 is 1.03 bits per heavy atom. The first-order chi connectivity index (χ1) is 18.1. The van der Waals surface area contributed by atoms with E-state index in [0.717, 1.165) is 5.92 Å². The monoisotopic (exact) mass is 522 g/mol.